The number of ether oxygens (including phenoxy) is 2. The van der Waals surface area contributed by atoms with E-state index in [4.69, 9.17) is 9.47 Å². The number of likely N-dealkylation sites (tertiary alicyclic amines) is 1. The lowest BCUT2D eigenvalue weighted by Crippen LogP contribution is -2.60. The van der Waals surface area contributed by atoms with Gasteiger partial charge in [0, 0.05) is 36.0 Å². The number of carbonyl (C=O) groups excluding carboxylic acids is 2. The predicted molar refractivity (Wildman–Crippen MR) is 173 cm³/mol. The number of nitrogens with zero attached hydrogens (tertiary/aromatic N) is 2. The van der Waals surface area contributed by atoms with Gasteiger partial charge in [-0.2, -0.15) is 13.2 Å². The van der Waals surface area contributed by atoms with Gasteiger partial charge >= 0.3 is 18.3 Å². The van der Waals surface area contributed by atoms with Gasteiger partial charge in [-0.05, 0) is 57.5 Å². The summed E-state index contributed by atoms with van der Waals surface area (Å²) in [6.07, 6.45) is -3.50. The molecule has 266 valence electrons. The molecule has 0 saturated carbocycles. The number of halogens is 5. The van der Waals surface area contributed by atoms with Crippen LogP contribution in [-0.2, 0) is 21.1 Å². The second-order valence-corrected chi connectivity index (χ2v) is 14.4. The van der Waals surface area contributed by atoms with Gasteiger partial charge < -0.3 is 34.9 Å². The van der Waals surface area contributed by atoms with Crippen LogP contribution in [0.1, 0.15) is 32.8 Å². The first-order chi connectivity index (χ1) is 22.6. The summed E-state index contributed by atoms with van der Waals surface area (Å²) in [6, 6.07) is 5.72. The van der Waals surface area contributed by atoms with E-state index in [-0.39, 0.29) is 52.3 Å². The molecule has 3 amide bonds. The van der Waals surface area contributed by atoms with Crippen LogP contribution in [0.2, 0.25) is 0 Å². The highest BCUT2D eigenvalue weighted by Gasteiger charge is 2.47. The lowest BCUT2D eigenvalue weighted by atomic mass is 10.0. The number of hydrogen-bond donors (Lipinski definition) is 3. The molecule has 0 aliphatic carbocycles. The zero-order chi connectivity index (χ0) is 36.4. The van der Waals surface area contributed by atoms with Crippen LogP contribution in [0.4, 0.5) is 42.9 Å². The second kappa shape index (κ2) is 14.0. The fourth-order valence-corrected chi connectivity index (χ4v) is 5.69. The monoisotopic (exact) mass is 713 g/mol. The van der Waals surface area contributed by atoms with Crippen LogP contribution in [0, 0.1) is 11.8 Å². The molecule has 1 fully saturated rings. The molecule has 1 atom stereocenters. The third-order valence-electron chi connectivity index (χ3n) is 7.24. The normalized spacial score (nSPS) is 16.4. The van der Waals surface area contributed by atoms with E-state index in [1.807, 2.05) is 0 Å². The molecule has 3 N–H and O–H groups in total. The summed E-state index contributed by atoms with van der Waals surface area (Å²) in [7, 11) is -2.11. The number of sulfone groups is 1. The number of benzene rings is 2. The van der Waals surface area contributed by atoms with Crippen LogP contribution >= 0.6 is 0 Å². The number of nitrogens with one attached hydrogen (secondary N) is 3. The van der Waals surface area contributed by atoms with Gasteiger partial charge in [0.05, 0.1) is 48.0 Å². The Bertz CT molecular complexity index is 1890. The van der Waals surface area contributed by atoms with Gasteiger partial charge in [0.2, 0.25) is 0 Å². The SMILES string of the molecule is COc1cc(S(C)(=O)=O)ccc1NCC#Cc1cc(NC(=O)NC2CCN(C(=O)OC(C)(C)C)CC2(F)F)c2ccn(CC(F)(F)F)c2c1. The van der Waals surface area contributed by atoms with E-state index in [1.54, 1.807) is 20.8 Å². The van der Waals surface area contributed by atoms with Crippen LogP contribution < -0.4 is 20.7 Å². The number of aromatic nitrogens is 1. The standard InChI is InChI=1S/C32H36F5N5O6S/c1-30(2,3)48-29(44)42-14-11-27(31(33,34)18-42)40-28(43)39-24-15-20(16-25-22(24)10-13-41(25)19-32(35,36)37)7-6-12-38-23-9-8-21(49(5,45)46)17-26(23)47-4/h8-10,13,15-17,27,38H,11-12,14,18-19H2,1-5H3,(H2,39,40,43). The Morgan fingerprint density at radius 2 is 1.80 bits per heavy atom. The molecule has 0 spiro atoms. The quantitative estimate of drug-likeness (QED) is 0.207. The van der Waals surface area contributed by atoms with Crippen LogP contribution in [0.3, 0.4) is 0 Å². The van der Waals surface area contributed by atoms with Crippen LogP contribution in [-0.4, -0.2) is 86.8 Å². The minimum atomic E-state index is -4.56. The van der Waals surface area contributed by atoms with E-state index in [0.29, 0.717) is 5.69 Å². The highest BCUT2D eigenvalue weighted by atomic mass is 32.2. The molecule has 17 heteroatoms. The largest absolute Gasteiger partial charge is 0.495 e. The average molecular weight is 714 g/mol. The molecule has 2 aromatic carbocycles. The lowest BCUT2D eigenvalue weighted by molar-refractivity contribution is -0.139. The number of hydrogen-bond acceptors (Lipinski definition) is 7. The molecule has 49 heavy (non-hydrogen) atoms. The van der Waals surface area contributed by atoms with E-state index in [9.17, 15) is 31.2 Å². The predicted octanol–water partition coefficient (Wildman–Crippen LogP) is 5.85. The molecule has 3 aromatic rings. The van der Waals surface area contributed by atoms with Gasteiger partial charge in [-0.15, -0.1) is 0 Å². The summed E-state index contributed by atoms with van der Waals surface area (Å²) in [5.41, 5.74) is -0.126. The molecule has 1 unspecified atom stereocenters. The maximum absolute atomic E-state index is 15.0. The van der Waals surface area contributed by atoms with Gasteiger partial charge in [0.1, 0.15) is 17.9 Å². The Hall–Kier alpha value is -4.72. The van der Waals surface area contributed by atoms with Gasteiger partial charge in [-0.3, -0.25) is 0 Å². The minimum absolute atomic E-state index is 0.0104. The Labute approximate surface area is 280 Å². The molecular formula is C32H36F5N5O6S. The Balaban J connectivity index is 1.53. The second-order valence-electron chi connectivity index (χ2n) is 12.4. The number of alkyl halides is 5. The fourth-order valence-electron chi connectivity index (χ4n) is 5.05. The van der Waals surface area contributed by atoms with Crippen molar-refractivity contribution in [1.82, 2.24) is 14.8 Å². The number of urea groups is 1. The van der Waals surface area contributed by atoms with Crippen molar-refractivity contribution in [3.63, 3.8) is 0 Å². The van der Waals surface area contributed by atoms with Gasteiger partial charge in [-0.25, -0.2) is 26.8 Å². The molecule has 1 aliphatic rings. The van der Waals surface area contributed by atoms with Crippen molar-refractivity contribution in [2.75, 3.05) is 43.6 Å². The maximum atomic E-state index is 15.0. The molecule has 1 saturated heterocycles. The third-order valence-corrected chi connectivity index (χ3v) is 8.35. The van der Waals surface area contributed by atoms with E-state index >= 15 is 8.78 Å². The van der Waals surface area contributed by atoms with Gasteiger partial charge in [0.25, 0.3) is 5.92 Å². The first-order valence-electron chi connectivity index (χ1n) is 14.9. The van der Waals surface area contributed by atoms with Crippen molar-refractivity contribution >= 4 is 44.2 Å². The highest BCUT2D eigenvalue weighted by molar-refractivity contribution is 7.90. The summed E-state index contributed by atoms with van der Waals surface area (Å²) in [6.45, 7) is 2.42. The smallest absolute Gasteiger partial charge is 0.410 e. The van der Waals surface area contributed by atoms with E-state index in [2.05, 4.69) is 27.8 Å². The average Bonchev–Trinajstić information content (AvgIpc) is 3.36. The third kappa shape index (κ3) is 9.91. The fraction of sp³-hybridized carbons (Fsp3) is 0.438. The molecule has 0 bridgehead atoms. The number of anilines is 2. The molecule has 1 aromatic heterocycles. The summed E-state index contributed by atoms with van der Waals surface area (Å²) in [5, 5.41) is 7.89. The van der Waals surface area contributed by atoms with E-state index in [1.165, 1.54) is 49.7 Å². The van der Waals surface area contributed by atoms with Crippen molar-refractivity contribution < 1.29 is 49.4 Å². The number of piperidine rings is 1. The number of amides is 3. The zero-order valence-electron chi connectivity index (χ0n) is 27.3. The number of rotatable bonds is 7. The number of fused-ring (bicyclic) bond motifs is 1. The van der Waals surface area contributed by atoms with Crippen molar-refractivity contribution in [2.24, 2.45) is 0 Å². The number of methoxy groups -OCH3 is 1. The van der Waals surface area contributed by atoms with Crippen molar-refractivity contribution in [2.45, 2.75) is 62.4 Å². The minimum Gasteiger partial charge on any atom is -0.495 e. The van der Waals surface area contributed by atoms with Crippen molar-refractivity contribution in [3.8, 4) is 17.6 Å². The molecule has 1 aliphatic heterocycles. The topological polar surface area (TPSA) is 131 Å². The van der Waals surface area contributed by atoms with E-state index < -0.39 is 58.8 Å². The molecular weight excluding hydrogens is 677 g/mol. The summed E-state index contributed by atoms with van der Waals surface area (Å²) in [4.78, 5) is 26.2. The zero-order valence-corrected chi connectivity index (χ0v) is 28.1. The van der Waals surface area contributed by atoms with Gasteiger partial charge in [-0.1, -0.05) is 11.8 Å². The molecule has 11 nitrogen and oxygen atoms in total. The summed E-state index contributed by atoms with van der Waals surface area (Å²) >= 11 is 0. The maximum Gasteiger partial charge on any atom is 0.410 e. The van der Waals surface area contributed by atoms with Crippen LogP contribution in [0.5, 0.6) is 5.75 Å². The first kappa shape index (κ1) is 37.1. The Morgan fingerprint density at radius 1 is 1.08 bits per heavy atom. The Kier molecular flexibility index (Phi) is 10.6. The molecule has 4 rings (SSSR count). The number of carbonyl (C=O) groups is 2. The first-order valence-corrected chi connectivity index (χ1v) is 16.8. The van der Waals surface area contributed by atoms with Crippen molar-refractivity contribution in [3.05, 3.63) is 48.2 Å². The van der Waals surface area contributed by atoms with Gasteiger partial charge in [0.15, 0.2) is 9.84 Å². The lowest BCUT2D eigenvalue weighted by Gasteiger charge is -2.38. The summed E-state index contributed by atoms with van der Waals surface area (Å²) < 4.78 is 105. The van der Waals surface area contributed by atoms with E-state index in [0.717, 1.165) is 15.7 Å². The Morgan fingerprint density at radius 3 is 2.41 bits per heavy atom. The van der Waals surface area contributed by atoms with Crippen molar-refractivity contribution in [1.29, 1.82) is 0 Å². The summed E-state index contributed by atoms with van der Waals surface area (Å²) in [5.74, 6) is 2.37. The highest BCUT2D eigenvalue weighted by Crippen LogP contribution is 2.32. The molecule has 0 radical (unpaired) electrons. The van der Waals surface area contributed by atoms with Crippen LogP contribution in [0.15, 0.2) is 47.5 Å². The van der Waals surface area contributed by atoms with Crippen LogP contribution in [0.25, 0.3) is 10.9 Å². The molecule has 2 heterocycles.